The summed E-state index contributed by atoms with van der Waals surface area (Å²) in [4.78, 5) is 4.79. The maximum atomic E-state index is 12.0. The van der Waals surface area contributed by atoms with Gasteiger partial charge in [-0.15, -0.1) is 0 Å². The molecule has 1 aliphatic heterocycles. The molecule has 0 aromatic heterocycles. The quantitative estimate of drug-likeness (QED) is 0.840. The molecule has 2 aromatic rings. The number of nitrogens with one attached hydrogen (secondary N) is 1. The SMILES string of the molecule is COc1cccc(C2=NCCCN2)c1OCc1ccccc1S(C)(=O)=O. The van der Waals surface area contributed by atoms with Crippen molar-refractivity contribution < 1.29 is 17.9 Å². The Kier molecular flexibility index (Phi) is 5.46. The second-order valence-electron chi connectivity index (χ2n) is 6.02. The number of hydrogen-bond acceptors (Lipinski definition) is 6. The van der Waals surface area contributed by atoms with Gasteiger partial charge >= 0.3 is 0 Å². The fraction of sp³-hybridized carbons (Fsp3) is 0.316. The summed E-state index contributed by atoms with van der Waals surface area (Å²) in [6.45, 7) is 1.73. The van der Waals surface area contributed by atoms with Crippen LogP contribution in [0.1, 0.15) is 17.5 Å². The highest BCUT2D eigenvalue weighted by Gasteiger charge is 2.19. The lowest BCUT2D eigenvalue weighted by molar-refractivity contribution is 0.281. The molecule has 7 heteroatoms. The fourth-order valence-corrected chi connectivity index (χ4v) is 3.79. The average Bonchev–Trinajstić information content (AvgIpc) is 2.66. The first-order valence-corrected chi connectivity index (χ1v) is 10.3. The summed E-state index contributed by atoms with van der Waals surface area (Å²) in [6, 6.07) is 12.4. The molecule has 0 unspecified atom stereocenters. The summed E-state index contributed by atoms with van der Waals surface area (Å²) in [7, 11) is -1.76. The van der Waals surface area contributed by atoms with E-state index < -0.39 is 9.84 Å². The van der Waals surface area contributed by atoms with Crippen LogP contribution in [0.25, 0.3) is 0 Å². The van der Waals surface area contributed by atoms with Crippen LogP contribution in [-0.4, -0.2) is 40.7 Å². The molecule has 138 valence electrons. The third-order valence-electron chi connectivity index (χ3n) is 4.10. The van der Waals surface area contributed by atoms with Crippen molar-refractivity contribution in [1.82, 2.24) is 5.32 Å². The van der Waals surface area contributed by atoms with Crippen LogP contribution in [-0.2, 0) is 16.4 Å². The van der Waals surface area contributed by atoms with E-state index in [-0.39, 0.29) is 11.5 Å². The third-order valence-corrected chi connectivity index (χ3v) is 5.29. The Labute approximate surface area is 153 Å². The molecule has 0 fully saturated rings. The fourth-order valence-electron chi connectivity index (χ4n) is 2.86. The molecule has 0 saturated carbocycles. The molecule has 3 rings (SSSR count). The van der Waals surface area contributed by atoms with Crippen molar-refractivity contribution in [3.8, 4) is 11.5 Å². The van der Waals surface area contributed by atoms with Crippen LogP contribution in [0.4, 0.5) is 0 Å². The summed E-state index contributed by atoms with van der Waals surface area (Å²) in [5.74, 6) is 1.89. The standard InChI is InChI=1S/C19H22N2O4S/c1-24-16-9-5-8-15(19-20-11-6-12-21-19)18(16)25-13-14-7-3-4-10-17(14)26(2,22)23/h3-5,7-10H,6,11-13H2,1-2H3,(H,20,21). The van der Waals surface area contributed by atoms with Gasteiger partial charge in [-0.2, -0.15) is 0 Å². The number of benzene rings is 2. The summed E-state index contributed by atoms with van der Waals surface area (Å²) in [5.41, 5.74) is 1.41. The summed E-state index contributed by atoms with van der Waals surface area (Å²) in [6.07, 6.45) is 2.19. The second-order valence-corrected chi connectivity index (χ2v) is 8.00. The Balaban J connectivity index is 1.95. The van der Waals surface area contributed by atoms with E-state index >= 15 is 0 Å². The van der Waals surface area contributed by atoms with Gasteiger partial charge in [0.2, 0.25) is 0 Å². The van der Waals surface area contributed by atoms with Gasteiger partial charge in [-0.25, -0.2) is 8.42 Å². The molecule has 0 radical (unpaired) electrons. The van der Waals surface area contributed by atoms with Gasteiger partial charge in [-0.3, -0.25) is 4.99 Å². The molecular weight excluding hydrogens is 352 g/mol. The van der Waals surface area contributed by atoms with E-state index in [2.05, 4.69) is 10.3 Å². The summed E-state index contributed by atoms with van der Waals surface area (Å²) in [5, 5.41) is 3.28. The van der Waals surface area contributed by atoms with Crippen molar-refractivity contribution in [3.63, 3.8) is 0 Å². The Morgan fingerprint density at radius 1 is 1.15 bits per heavy atom. The van der Waals surface area contributed by atoms with E-state index in [0.717, 1.165) is 30.9 Å². The topological polar surface area (TPSA) is 77.0 Å². The lowest BCUT2D eigenvalue weighted by atomic mass is 10.1. The van der Waals surface area contributed by atoms with Crippen LogP contribution >= 0.6 is 0 Å². The van der Waals surface area contributed by atoms with Crippen LogP contribution in [0.3, 0.4) is 0 Å². The van der Waals surface area contributed by atoms with Crippen molar-refractivity contribution in [2.75, 3.05) is 26.5 Å². The molecular formula is C19H22N2O4S. The van der Waals surface area contributed by atoms with E-state index in [1.807, 2.05) is 18.2 Å². The number of rotatable bonds is 6. The van der Waals surface area contributed by atoms with E-state index in [0.29, 0.717) is 17.1 Å². The van der Waals surface area contributed by atoms with Gasteiger partial charge in [-0.05, 0) is 24.6 Å². The molecule has 0 amide bonds. The van der Waals surface area contributed by atoms with Crippen LogP contribution < -0.4 is 14.8 Å². The minimum absolute atomic E-state index is 0.115. The lowest BCUT2D eigenvalue weighted by Crippen LogP contribution is -2.30. The minimum Gasteiger partial charge on any atom is -0.493 e. The number of amidine groups is 1. The molecule has 1 heterocycles. The molecule has 1 aliphatic rings. The van der Waals surface area contributed by atoms with Gasteiger partial charge in [0.05, 0.1) is 17.6 Å². The van der Waals surface area contributed by atoms with Crippen molar-refractivity contribution in [1.29, 1.82) is 0 Å². The number of methoxy groups -OCH3 is 1. The van der Waals surface area contributed by atoms with Crippen LogP contribution in [0, 0.1) is 0 Å². The predicted molar refractivity (Wildman–Crippen MR) is 101 cm³/mol. The second kappa shape index (κ2) is 7.78. The maximum Gasteiger partial charge on any atom is 0.175 e. The monoisotopic (exact) mass is 374 g/mol. The molecule has 2 aromatic carbocycles. The molecule has 26 heavy (non-hydrogen) atoms. The average molecular weight is 374 g/mol. The number of sulfone groups is 1. The molecule has 6 nitrogen and oxygen atoms in total. The highest BCUT2D eigenvalue weighted by Crippen LogP contribution is 2.33. The number of hydrogen-bond donors (Lipinski definition) is 1. The largest absolute Gasteiger partial charge is 0.493 e. The van der Waals surface area contributed by atoms with Gasteiger partial charge in [0.15, 0.2) is 21.3 Å². The van der Waals surface area contributed by atoms with E-state index in [4.69, 9.17) is 9.47 Å². The Hall–Kier alpha value is -2.54. The zero-order chi connectivity index (χ0) is 18.6. The van der Waals surface area contributed by atoms with E-state index in [1.54, 1.807) is 31.4 Å². The number of para-hydroxylation sites is 1. The molecule has 0 saturated heterocycles. The molecule has 1 N–H and O–H groups in total. The predicted octanol–water partition coefficient (Wildman–Crippen LogP) is 2.42. The van der Waals surface area contributed by atoms with Crippen molar-refractivity contribution in [2.24, 2.45) is 4.99 Å². The van der Waals surface area contributed by atoms with Crippen molar-refractivity contribution in [2.45, 2.75) is 17.9 Å². The van der Waals surface area contributed by atoms with E-state index in [1.165, 1.54) is 6.26 Å². The third kappa shape index (κ3) is 3.99. The van der Waals surface area contributed by atoms with Crippen molar-refractivity contribution >= 4 is 15.7 Å². The minimum atomic E-state index is -3.33. The van der Waals surface area contributed by atoms with Crippen molar-refractivity contribution in [3.05, 3.63) is 53.6 Å². The first kappa shape index (κ1) is 18.3. The summed E-state index contributed by atoms with van der Waals surface area (Å²) < 4.78 is 35.4. The normalized spacial score (nSPS) is 14.3. The molecule has 0 atom stereocenters. The Bertz CT molecular complexity index is 923. The van der Waals surface area contributed by atoms with Gasteiger partial charge in [0.25, 0.3) is 0 Å². The van der Waals surface area contributed by atoms with Crippen LogP contribution in [0.5, 0.6) is 11.5 Å². The number of nitrogens with zero attached hydrogens (tertiary/aromatic N) is 1. The van der Waals surface area contributed by atoms with Gasteiger partial charge in [-0.1, -0.05) is 24.3 Å². The first-order chi connectivity index (χ1) is 12.5. The van der Waals surface area contributed by atoms with Crippen LogP contribution in [0.15, 0.2) is 52.4 Å². The lowest BCUT2D eigenvalue weighted by Gasteiger charge is -2.20. The Morgan fingerprint density at radius 3 is 2.65 bits per heavy atom. The van der Waals surface area contributed by atoms with Gasteiger partial charge in [0, 0.05) is 24.9 Å². The van der Waals surface area contributed by atoms with Gasteiger partial charge in [0.1, 0.15) is 12.4 Å². The maximum absolute atomic E-state index is 12.0. The highest BCUT2D eigenvalue weighted by molar-refractivity contribution is 7.90. The highest BCUT2D eigenvalue weighted by atomic mass is 32.2. The van der Waals surface area contributed by atoms with Crippen LogP contribution in [0.2, 0.25) is 0 Å². The zero-order valence-corrected chi connectivity index (χ0v) is 15.7. The number of ether oxygens (including phenoxy) is 2. The molecule has 0 spiro atoms. The molecule has 0 bridgehead atoms. The Morgan fingerprint density at radius 2 is 1.96 bits per heavy atom. The zero-order valence-electron chi connectivity index (χ0n) is 14.9. The summed E-state index contributed by atoms with van der Waals surface area (Å²) >= 11 is 0. The van der Waals surface area contributed by atoms with E-state index in [9.17, 15) is 8.42 Å². The smallest absolute Gasteiger partial charge is 0.175 e. The first-order valence-electron chi connectivity index (χ1n) is 8.37. The number of aliphatic imine (C=N–C) groups is 1. The van der Waals surface area contributed by atoms with Gasteiger partial charge < -0.3 is 14.8 Å². The molecule has 0 aliphatic carbocycles.